The van der Waals surface area contributed by atoms with Gasteiger partial charge in [0.15, 0.2) is 0 Å². The normalized spacial score (nSPS) is 11.3. The van der Waals surface area contributed by atoms with Crippen molar-refractivity contribution in [1.29, 1.82) is 0 Å². The molecule has 0 aliphatic rings. The van der Waals surface area contributed by atoms with Crippen LogP contribution in [0.5, 0.6) is 0 Å². The summed E-state index contributed by atoms with van der Waals surface area (Å²) in [6.07, 6.45) is 0. The van der Waals surface area contributed by atoms with Gasteiger partial charge in [-0.25, -0.2) is 13.1 Å². The lowest BCUT2D eigenvalue weighted by Crippen LogP contribution is -2.24. The van der Waals surface area contributed by atoms with Crippen molar-refractivity contribution in [2.75, 3.05) is 7.05 Å². The number of aryl methyl sites for hydroxylation is 2. The van der Waals surface area contributed by atoms with Gasteiger partial charge < -0.3 is 5.32 Å². The summed E-state index contributed by atoms with van der Waals surface area (Å²) in [6.45, 7) is 4.31. The van der Waals surface area contributed by atoms with Crippen molar-refractivity contribution in [2.24, 2.45) is 0 Å². The first-order chi connectivity index (χ1) is 11.2. The Morgan fingerprint density at radius 1 is 1.12 bits per heavy atom. The minimum Gasteiger partial charge on any atom is -0.348 e. The zero-order valence-corrected chi connectivity index (χ0v) is 15.3. The second kappa shape index (κ2) is 7.34. The molecule has 2 rings (SSSR count). The summed E-state index contributed by atoms with van der Waals surface area (Å²) < 4.78 is 25.9. The Balaban J connectivity index is 2.22. The van der Waals surface area contributed by atoms with Gasteiger partial charge in [0.05, 0.1) is 15.5 Å². The fourth-order valence-electron chi connectivity index (χ4n) is 2.28. The lowest BCUT2D eigenvalue weighted by molar-refractivity contribution is 0.0951. The zero-order chi connectivity index (χ0) is 17.9. The molecule has 0 radical (unpaired) electrons. The van der Waals surface area contributed by atoms with E-state index in [1.54, 1.807) is 0 Å². The number of sulfonamides is 1. The summed E-state index contributed by atoms with van der Waals surface area (Å²) in [4.78, 5) is 12.4. The third-order valence-electron chi connectivity index (χ3n) is 3.70. The zero-order valence-electron chi connectivity index (χ0n) is 13.7. The molecular formula is C17H19ClN2O3S. The van der Waals surface area contributed by atoms with E-state index in [0.29, 0.717) is 6.54 Å². The first-order valence-corrected chi connectivity index (χ1v) is 9.18. The number of carbonyl (C=O) groups is 1. The quantitative estimate of drug-likeness (QED) is 0.854. The van der Waals surface area contributed by atoms with E-state index in [-0.39, 0.29) is 15.5 Å². The van der Waals surface area contributed by atoms with Gasteiger partial charge in [0.25, 0.3) is 5.91 Å². The molecule has 7 heteroatoms. The summed E-state index contributed by atoms with van der Waals surface area (Å²) in [5.41, 5.74) is 3.34. The molecule has 0 atom stereocenters. The van der Waals surface area contributed by atoms with E-state index in [1.165, 1.54) is 25.2 Å². The van der Waals surface area contributed by atoms with E-state index in [9.17, 15) is 13.2 Å². The molecule has 2 aromatic carbocycles. The molecule has 1 amide bonds. The Bertz CT molecular complexity index is 879. The molecule has 5 nitrogen and oxygen atoms in total. The second-order valence-electron chi connectivity index (χ2n) is 5.46. The van der Waals surface area contributed by atoms with Gasteiger partial charge in [-0.05, 0) is 50.2 Å². The first kappa shape index (κ1) is 18.4. The van der Waals surface area contributed by atoms with E-state index in [0.717, 1.165) is 16.7 Å². The highest BCUT2D eigenvalue weighted by Gasteiger charge is 2.17. The van der Waals surface area contributed by atoms with Crippen LogP contribution in [0.15, 0.2) is 41.3 Å². The highest BCUT2D eigenvalue weighted by atomic mass is 35.5. The fraction of sp³-hybridized carbons (Fsp3) is 0.235. The molecule has 0 aliphatic carbocycles. The molecule has 0 aromatic heterocycles. The van der Waals surface area contributed by atoms with Crippen LogP contribution in [-0.2, 0) is 16.6 Å². The molecule has 0 saturated heterocycles. The number of nitrogens with one attached hydrogen (secondary N) is 2. The van der Waals surface area contributed by atoms with Crippen LogP contribution in [0.3, 0.4) is 0 Å². The number of benzene rings is 2. The molecule has 24 heavy (non-hydrogen) atoms. The topological polar surface area (TPSA) is 75.3 Å². The summed E-state index contributed by atoms with van der Waals surface area (Å²) in [5.74, 6) is -0.423. The smallest absolute Gasteiger partial charge is 0.253 e. The van der Waals surface area contributed by atoms with Crippen LogP contribution in [0.25, 0.3) is 0 Å². The van der Waals surface area contributed by atoms with Crippen LogP contribution in [0.4, 0.5) is 0 Å². The third-order valence-corrected chi connectivity index (χ3v) is 5.44. The van der Waals surface area contributed by atoms with Crippen molar-refractivity contribution < 1.29 is 13.2 Å². The molecule has 0 unspecified atom stereocenters. The maximum absolute atomic E-state index is 12.4. The minimum atomic E-state index is -3.64. The number of hydrogen-bond donors (Lipinski definition) is 2. The van der Waals surface area contributed by atoms with Gasteiger partial charge in [0.1, 0.15) is 0 Å². The van der Waals surface area contributed by atoms with E-state index < -0.39 is 15.9 Å². The van der Waals surface area contributed by atoms with Crippen molar-refractivity contribution in [3.05, 3.63) is 63.7 Å². The number of rotatable bonds is 5. The molecule has 128 valence electrons. The Kier molecular flexibility index (Phi) is 5.64. The van der Waals surface area contributed by atoms with Crippen molar-refractivity contribution in [3.8, 4) is 0 Å². The molecule has 0 bridgehead atoms. The maximum Gasteiger partial charge on any atom is 0.253 e. The highest BCUT2D eigenvalue weighted by Crippen LogP contribution is 2.20. The summed E-state index contributed by atoms with van der Waals surface area (Å²) in [5, 5.41) is 2.97. The summed E-state index contributed by atoms with van der Waals surface area (Å²) in [6, 6.07) is 9.99. The van der Waals surface area contributed by atoms with Gasteiger partial charge in [-0.1, -0.05) is 35.4 Å². The van der Waals surface area contributed by atoms with Crippen molar-refractivity contribution in [2.45, 2.75) is 25.3 Å². The predicted molar refractivity (Wildman–Crippen MR) is 94.8 cm³/mol. The molecule has 0 aliphatic heterocycles. The van der Waals surface area contributed by atoms with Crippen LogP contribution in [-0.4, -0.2) is 21.4 Å². The monoisotopic (exact) mass is 366 g/mol. The summed E-state index contributed by atoms with van der Waals surface area (Å²) in [7, 11) is -2.33. The first-order valence-electron chi connectivity index (χ1n) is 7.32. The molecule has 0 fully saturated rings. The lowest BCUT2D eigenvalue weighted by atomic mass is 10.1. The largest absolute Gasteiger partial charge is 0.348 e. The minimum absolute atomic E-state index is 0.00827. The predicted octanol–water partition coefficient (Wildman–Crippen LogP) is 2.79. The standard InChI is InChI=1S/C17H19ClN2O3S/c1-11-4-5-13(12(2)8-11)10-20-17(21)15-9-14(6-7-16(15)18)24(22,23)19-3/h4-9,19H,10H2,1-3H3,(H,20,21). The highest BCUT2D eigenvalue weighted by molar-refractivity contribution is 7.89. The Morgan fingerprint density at radius 3 is 2.46 bits per heavy atom. The van der Waals surface area contributed by atoms with Crippen LogP contribution >= 0.6 is 11.6 Å². The van der Waals surface area contributed by atoms with E-state index >= 15 is 0 Å². The molecule has 0 saturated carbocycles. The van der Waals surface area contributed by atoms with Crippen LogP contribution in [0.2, 0.25) is 5.02 Å². The second-order valence-corrected chi connectivity index (χ2v) is 7.76. The Morgan fingerprint density at radius 2 is 1.83 bits per heavy atom. The van der Waals surface area contributed by atoms with Crippen molar-refractivity contribution >= 4 is 27.5 Å². The molecule has 2 N–H and O–H groups in total. The fourth-order valence-corrected chi connectivity index (χ4v) is 3.24. The van der Waals surface area contributed by atoms with Crippen molar-refractivity contribution in [1.82, 2.24) is 10.0 Å². The number of amides is 1. The molecule has 0 heterocycles. The number of carbonyl (C=O) groups excluding carboxylic acids is 1. The van der Waals surface area contributed by atoms with E-state index in [4.69, 9.17) is 11.6 Å². The molecular weight excluding hydrogens is 348 g/mol. The Labute approximate surface area is 147 Å². The number of halogens is 1. The number of hydrogen-bond acceptors (Lipinski definition) is 3. The molecule has 2 aromatic rings. The maximum atomic E-state index is 12.4. The summed E-state index contributed by atoms with van der Waals surface area (Å²) >= 11 is 6.04. The third kappa shape index (κ3) is 4.14. The molecule has 0 spiro atoms. The van der Waals surface area contributed by atoms with Crippen LogP contribution in [0, 0.1) is 13.8 Å². The van der Waals surface area contributed by atoms with E-state index in [1.807, 2.05) is 32.0 Å². The van der Waals surface area contributed by atoms with E-state index in [2.05, 4.69) is 10.0 Å². The van der Waals surface area contributed by atoms with Gasteiger partial charge in [0.2, 0.25) is 10.0 Å². The lowest BCUT2D eigenvalue weighted by Gasteiger charge is -2.11. The Hall–Kier alpha value is -1.89. The van der Waals surface area contributed by atoms with Gasteiger partial charge in [-0.2, -0.15) is 0 Å². The van der Waals surface area contributed by atoms with Crippen LogP contribution in [0.1, 0.15) is 27.0 Å². The van der Waals surface area contributed by atoms with Gasteiger partial charge in [0, 0.05) is 6.54 Å². The van der Waals surface area contributed by atoms with Gasteiger partial charge in [-0.15, -0.1) is 0 Å². The average molecular weight is 367 g/mol. The average Bonchev–Trinajstić information content (AvgIpc) is 2.54. The van der Waals surface area contributed by atoms with Gasteiger partial charge in [-0.3, -0.25) is 4.79 Å². The van der Waals surface area contributed by atoms with Gasteiger partial charge >= 0.3 is 0 Å². The SMILES string of the molecule is CNS(=O)(=O)c1ccc(Cl)c(C(=O)NCc2ccc(C)cc2C)c1. The van der Waals surface area contributed by atoms with Crippen LogP contribution < -0.4 is 10.0 Å². The van der Waals surface area contributed by atoms with Crippen molar-refractivity contribution in [3.63, 3.8) is 0 Å².